The van der Waals surface area contributed by atoms with Gasteiger partial charge in [-0.1, -0.05) is 0 Å². The molecule has 0 aliphatic carbocycles. The van der Waals surface area contributed by atoms with Gasteiger partial charge in [0, 0.05) is 4.47 Å². The third-order valence-electron chi connectivity index (χ3n) is 3.06. The lowest BCUT2D eigenvalue weighted by Crippen LogP contribution is -1.98. The number of hydrogen-bond acceptors (Lipinski definition) is 2. The molecule has 0 aliphatic rings. The molecule has 1 aromatic heterocycles. The second-order valence-corrected chi connectivity index (χ2v) is 5.54. The number of fused-ring (bicyclic) bond motifs is 1. The minimum Gasteiger partial charge on any atom is -0.330 e. The zero-order valence-corrected chi connectivity index (χ0v) is 12.7. The van der Waals surface area contributed by atoms with Crippen molar-refractivity contribution in [3.63, 3.8) is 0 Å². The Morgan fingerprint density at radius 1 is 1.24 bits per heavy atom. The monoisotopic (exact) mass is 365 g/mol. The predicted molar refractivity (Wildman–Crippen MR) is 80.8 cm³/mol. The van der Waals surface area contributed by atoms with E-state index in [4.69, 9.17) is 17.5 Å². The van der Waals surface area contributed by atoms with Gasteiger partial charge in [-0.25, -0.2) is 8.78 Å². The molecule has 3 nitrogen and oxygen atoms in total. The molecule has 0 aliphatic heterocycles. The average Bonchev–Trinajstić information content (AvgIpc) is 2.80. The Kier molecular flexibility index (Phi) is 3.35. The summed E-state index contributed by atoms with van der Waals surface area (Å²) in [6, 6.07) is 9.27. The quantitative estimate of drug-likeness (QED) is 0.640. The van der Waals surface area contributed by atoms with Crippen molar-refractivity contribution in [2.24, 2.45) is 0 Å². The summed E-state index contributed by atoms with van der Waals surface area (Å²) in [5.41, 5.74) is 1.40. The minimum absolute atomic E-state index is 0.0328. The number of aromatic nitrogens is 2. The second kappa shape index (κ2) is 5.06. The molecule has 1 N–H and O–H groups in total. The van der Waals surface area contributed by atoms with Crippen molar-refractivity contribution in [1.29, 1.82) is 5.26 Å². The molecule has 3 aromatic rings. The van der Waals surface area contributed by atoms with E-state index in [9.17, 15) is 8.78 Å². The topological polar surface area (TPSA) is 44.5 Å². The number of imidazole rings is 1. The summed E-state index contributed by atoms with van der Waals surface area (Å²) in [6.45, 7) is 0. The molecule has 7 heteroatoms. The zero-order chi connectivity index (χ0) is 15.1. The number of benzene rings is 2. The lowest BCUT2D eigenvalue weighted by Gasteiger charge is -2.08. The highest BCUT2D eigenvalue weighted by molar-refractivity contribution is 9.10. The summed E-state index contributed by atoms with van der Waals surface area (Å²) < 4.78 is 29.8. The van der Waals surface area contributed by atoms with Crippen molar-refractivity contribution in [1.82, 2.24) is 9.55 Å². The molecule has 104 valence electrons. The van der Waals surface area contributed by atoms with Crippen LogP contribution in [0.5, 0.6) is 0 Å². The van der Waals surface area contributed by atoms with Crippen LogP contribution >= 0.6 is 28.1 Å². The maximum atomic E-state index is 14.1. The van der Waals surface area contributed by atoms with E-state index in [2.05, 4.69) is 20.9 Å². The molecule has 0 saturated heterocycles. The minimum atomic E-state index is -0.976. The first-order chi connectivity index (χ1) is 10.0. The fraction of sp³-hybridized carbons (Fsp3) is 0. The normalized spacial score (nSPS) is 10.8. The Morgan fingerprint density at radius 3 is 2.67 bits per heavy atom. The first-order valence-electron chi connectivity index (χ1n) is 5.81. The molecule has 0 spiro atoms. The number of nitriles is 1. The SMILES string of the molecule is N#Cc1ccc(-n2c(=S)[nH]c3ccc(F)c(F)c32)c(Br)c1. The summed E-state index contributed by atoms with van der Waals surface area (Å²) in [6.07, 6.45) is 0. The summed E-state index contributed by atoms with van der Waals surface area (Å²) in [7, 11) is 0. The van der Waals surface area contributed by atoms with Gasteiger partial charge in [0.05, 0.1) is 22.8 Å². The molecule has 0 amide bonds. The van der Waals surface area contributed by atoms with Gasteiger partial charge in [0.15, 0.2) is 16.4 Å². The molecule has 0 radical (unpaired) electrons. The Labute approximate surface area is 131 Å². The van der Waals surface area contributed by atoms with Crippen molar-refractivity contribution in [3.8, 4) is 11.8 Å². The van der Waals surface area contributed by atoms with Crippen LogP contribution in [0.1, 0.15) is 5.56 Å². The fourth-order valence-corrected chi connectivity index (χ4v) is 2.98. The molecular formula is C14H6BrF2N3S. The van der Waals surface area contributed by atoms with E-state index in [1.165, 1.54) is 10.6 Å². The van der Waals surface area contributed by atoms with Crippen LogP contribution in [0.3, 0.4) is 0 Å². The van der Waals surface area contributed by atoms with Gasteiger partial charge in [0.25, 0.3) is 0 Å². The first kappa shape index (κ1) is 13.9. The predicted octanol–water partition coefficient (Wildman–Crippen LogP) is 4.60. The third-order valence-corrected chi connectivity index (χ3v) is 3.97. The number of nitrogens with zero attached hydrogens (tertiary/aromatic N) is 2. The maximum absolute atomic E-state index is 14.1. The van der Waals surface area contributed by atoms with Crippen LogP contribution in [0.15, 0.2) is 34.8 Å². The van der Waals surface area contributed by atoms with Gasteiger partial charge in [-0.3, -0.25) is 4.57 Å². The van der Waals surface area contributed by atoms with Crippen LogP contribution in [0.25, 0.3) is 16.7 Å². The highest BCUT2D eigenvalue weighted by atomic mass is 79.9. The van der Waals surface area contributed by atoms with Crippen molar-refractivity contribution in [2.75, 3.05) is 0 Å². The standard InChI is InChI=1S/C14H6BrF2N3S/c15-8-5-7(6-18)1-4-11(8)20-13-10(19-14(20)21)3-2-9(16)12(13)17/h1-5H,(H,19,21). The van der Waals surface area contributed by atoms with Gasteiger partial charge in [0.2, 0.25) is 0 Å². The number of H-pyrrole nitrogens is 1. The van der Waals surface area contributed by atoms with Gasteiger partial charge < -0.3 is 4.98 Å². The third kappa shape index (κ3) is 2.17. The number of hydrogen-bond donors (Lipinski definition) is 1. The molecule has 21 heavy (non-hydrogen) atoms. The van der Waals surface area contributed by atoms with E-state index < -0.39 is 11.6 Å². The van der Waals surface area contributed by atoms with Gasteiger partial charge >= 0.3 is 0 Å². The average molecular weight is 366 g/mol. The highest BCUT2D eigenvalue weighted by Crippen LogP contribution is 2.29. The summed E-state index contributed by atoms with van der Waals surface area (Å²) in [4.78, 5) is 2.83. The van der Waals surface area contributed by atoms with Crippen LogP contribution in [-0.4, -0.2) is 9.55 Å². The van der Waals surface area contributed by atoms with Gasteiger partial charge in [0.1, 0.15) is 5.52 Å². The molecule has 0 unspecified atom stereocenters. The van der Waals surface area contributed by atoms with Crippen LogP contribution in [0, 0.1) is 27.7 Å². The van der Waals surface area contributed by atoms with Crippen molar-refractivity contribution in [3.05, 3.63) is 56.8 Å². The van der Waals surface area contributed by atoms with Crippen LogP contribution in [0.2, 0.25) is 0 Å². The lowest BCUT2D eigenvalue weighted by atomic mass is 10.2. The zero-order valence-electron chi connectivity index (χ0n) is 10.3. The molecule has 3 rings (SSSR count). The number of aromatic amines is 1. The van der Waals surface area contributed by atoms with Crippen LogP contribution < -0.4 is 0 Å². The Hall–Kier alpha value is -2.04. The molecular weight excluding hydrogens is 360 g/mol. The van der Waals surface area contributed by atoms with Crippen LogP contribution in [-0.2, 0) is 0 Å². The summed E-state index contributed by atoms with van der Waals surface area (Å²) in [5.74, 6) is -1.92. The van der Waals surface area contributed by atoms with Gasteiger partial charge in [-0.2, -0.15) is 5.26 Å². The van der Waals surface area contributed by atoms with Crippen molar-refractivity contribution in [2.45, 2.75) is 0 Å². The van der Waals surface area contributed by atoms with E-state index in [-0.39, 0.29) is 10.3 Å². The molecule has 0 atom stereocenters. The smallest absolute Gasteiger partial charge is 0.184 e. The van der Waals surface area contributed by atoms with Gasteiger partial charge in [-0.05, 0) is 58.5 Å². The molecule has 1 heterocycles. The summed E-state index contributed by atoms with van der Waals surface area (Å²) >= 11 is 8.52. The van der Waals surface area contributed by atoms with Gasteiger partial charge in [-0.15, -0.1) is 0 Å². The molecule has 0 saturated carbocycles. The Bertz CT molecular complexity index is 969. The van der Waals surface area contributed by atoms with E-state index >= 15 is 0 Å². The van der Waals surface area contributed by atoms with E-state index in [1.807, 2.05) is 6.07 Å². The number of halogens is 3. The maximum Gasteiger partial charge on any atom is 0.184 e. The number of nitrogens with one attached hydrogen (secondary N) is 1. The van der Waals surface area contributed by atoms with Crippen LogP contribution in [0.4, 0.5) is 8.78 Å². The molecule has 0 fully saturated rings. The lowest BCUT2D eigenvalue weighted by molar-refractivity contribution is 0.514. The fourth-order valence-electron chi connectivity index (χ4n) is 2.12. The Morgan fingerprint density at radius 2 is 2.00 bits per heavy atom. The van der Waals surface area contributed by atoms with E-state index in [0.717, 1.165) is 6.07 Å². The Balaban J connectivity index is 2.41. The number of rotatable bonds is 1. The molecule has 2 aromatic carbocycles. The van der Waals surface area contributed by atoms with Crippen molar-refractivity contribution < 1.29 is 8.78 Å². The molecule has 0 bridgehead atoms. The summed E-state index contributed by atoms with van der Waals surface area (Å²) in [5, 5.41) is 8.88. The first-order valence-corrected chi connectivity index (χ1v) is 7.02. The second-order valence-electron chi connectivity index (χ2n) is 4.30. The van der Waals surface area contributed by atoms with Crippen molar-refractivity contribution >= 4 is 39.2 Å². The largest absolute Gasteiger partial charge is 0.330 e. The van der Waals surface area contributed by atoms with E-state index in [0.29, 0.717) is 21.2 Å². The highest BCUT2D eigenvalue weighted by Gasteiger charge is 2.16. The van der Waals surface area contributed by atoms with E-state index in [1.54, 1.807) is 18.2 Å².